The maximum atomic E-state index is 12.3. The number of amides is 2. The van der Waals surface area contributed by atoms with Crippen LogP contribution in [0.4, 0.5) is 0 Å². The van der Waals surface area contributed by atoms with E-state index in [4.69, 9.17) is 0 Å². The van der Waals surface area contributed by atoms with Crippen molar-refractivity contribution in [1.82, 2.24) is 9.80 Å². The lowest BCUT2D eigenvalue weighted by Gasteiger charge is -2.27. The van der Waals surface area contributed by atoms with E-state index < -0.39 is 0 Å². The monoisotopic (exact) mass is 304 g/mol. The van der Waals surface area contributed by atoms with Crippen molar-refractivity contribution in [2.24, 2.45) is 11.3 Å². The first-order valence-electron chi connectivity index (χ1n) is 8.25. The van der Waals surface area contributed by atoms with Crippen molar-refractivity contribution in [3.63, 3.8) is 0 Å². The zero-order chi connectivity index (χ0) is 16.3. The van der Waals surface area contributed by atoms with E-state index in [1.807, 2.05) is 4.90 Å². The lowest BCUT2D eigenvalue weighted by molar-refractivity contribution is -0.130. The number of hydrogen-bond donors (Lipinski definition) is 0. The highest BCUT2D eigenvalue weighted by atomic mass is 16.2. The fourth-order valence-electron chi connectivity index (χ4n) is 3.14. The summed E-state index contributed by atoms with van der Waals surface area (Å²) in [5.41, 5.74) is 1.03. The number of nitrogens with zero attached hydrogens (tertiary/aromatic N) is 2. The van der Waals surface area contributed by atoms with Crippen LogP contribution in [0.25, 0.3) is 0 Å². The van der Waals surface area contributed by atoms with E-state index in [0.717, 1.165) is 38.0 Å². The van der Waals surface area contributed by atoms with Gasteiger partial charge in [-0.1, -0.05) is 27.4 Å². The molecule has 0 spiro atoms. The van der Waals surface area contributed by atoms with Gasteiger partial charge in [0.05, 0.1) is 0 Å². The van der Waals surface area contributed by atoms with Crippen LogP contribution in [-0.2, 0) is 9.59 Å². The van der Waals surface area contributed by atoms with Gasteiger partial charge >= 0.3 is 0 Å². The summed E-state index contributed by atoms with van der Waals surface area (Å²) in [7, 11) is 0. The molecule has 0 aliphatic carbocycles. The molecular weight excluding hydrogens is 276 g/mol. The summed E-state index contributed by atoms with van der Waals surface area (Å²) in [4.78, 5) is 27.5. The number of hydrogen-bond acceptors (Lipinski definition) is 2. The van der Waals surface area contributed by atoms with Gasteiger partial charge in [0.1, 0.15) is 0 Å². The molecule has 2 aliphatic heterocycles. The molecule has 0 saturated carbocycles. The van der Waals surface area contributed by atoms with Gasteiger partial charge in [0.15, 0.2) is 0 Å². The van der Waals surface area contributed by atoms with Gasteiger partial charge in [-0.2, -0.15) is 0 Å². The molecule has 0 unspecified atom stereocenters. The minimum Gasteiger partial charge on any atom is -0.342 e. The number of carbonyl (C=O) groups excluding carboxylic acids is 2. The second-order valence-corrected chi connectivity index (χ2v) is 7.46. The Balaban J connectivity index is 1.67. The molecule has 2 amide bonds. The molecule has 122 valence electrons. The summed E-state index contributed by atoms with van der Waals surface area (Å²) < 4.78 is 0. The van der Waals surface area contributed by atoms with Crippen molar-refractivity contribution >= 4 is 11.8 Å². The van der Waals surface area contributed by atoms with Crippen molar-refractivity contribution in [3.05, 3.63) is 24.4 Å². The van der Waals surface area contributed by atoms with Gasteiger partial charge in [-0.3, -0.25) is 9.59 Å². The standard InChI is InChI=1S/C18H28N2O2/c1-14-8-9-17(22)20(14)11-6-5-7-16(21)19-12-10-15(13-19)18(2,3)4/h8-9,15H,1,5-7,10-13H2,2-4H3/t15-/m0/s1. The number of allylic oxidation sites excluding steroid dienone is 1. The highest BCUT2D eigenvalue weighted by molar-refractivity contribution is 5.92. The number of rotatable bonds is 5. The van der Waals surface area contributed by atoms with Gasteiger partial charge < -0.3 is 9.80 Å². The number of unbranched alkanes of at least 4 members (excludes halogenated alkanes) is 1. The first kappa shape index (κ1) is 16.8. The van der Waals surface area contributed by atoms with Crippen LogP contribution in [0.3, 0.4) is 0 Å². The summed E-state index contributed by atoms with van der Waals surface area (Å²) >= 11 is 0. The fourth-order valence-corrected chi connectivity index (χ4v) is 3.14. The van der Waals surface area contributed by atoms with Crippen LogP contribution in [-0.4, -0.2) is 41.2 Å². The average molecular weight is 304 g/mol. The molecule has 0 aromatic heterocycles. The van der Waals surface area contributed by atoms with Gasteiger partial charge in [0.2, 0.25) is 5.91 Å². The van der Waals surface area contributed by atoms with Crippen LogP contribution in [0.15, 0.2) is 24.4 Å². The van der Waals surface area contributed by atoms with Gasteiger partial charge in [-0.25, -0.2) is 0 Å². The molecule has 1 atom stereocenters. The summed E-state index contributed by atoms with van der Waals surface area (Å²) in [6.07, 6.45) is 6.65. The third kappa shape index (κ3) is 3.99. The molecule has 1 fully saturated rings. The maximum Gasteiger partial charge on any atom is 0.251 e. The lowest BCUT2D eigenvalue weighted by Crippen LogP contribution is -2.31. The SMILES string of the molecule is C=C1C=CC(=O)N1CCCCC(=O)N1CC[C@H](C(C)(C)C)C1. The molecule has 4 nitrogen and oxygen atoms in total. The first-order chi connectivity index (χ1) is 10.3. The molecule has 4 heteroatoms. The third-order valence-corrected chi connectivity index (χ3v) is 4.82. The molecule has 0 aromatic carbocycles. The van der Waals surface area contributed by atoms with Crippen LogP contribution in [0.1, 0.15) is 46.5 Å². The van der Waals surface area contributed by atoms with E-state index in [1.54, 1.807) is 17.1 Å². The Hall–Kier alpha value is -1.58. The average Bonchev–Trinajstić information content (AvgIpc) is 3.04. The van der Waals surface area contributed by atoms with E-state index >= 15 is 0 Å². The van der Waals surface area contributed by atoms with Crippen molar-refractivity contribution in [2.75, 3.05) is 19.6 Å². The van der Waals surface area contributed by atoms with E-state index in [1.165, 1.54) is 0 Å². The number of carbonyl (C=O) groups is 2. The van der Waals surface area contributed by atoms with E-state index in [-0.39, 0.29) is 17.2 Å². The minimum atomic E-state index is 0.00360. The van der Waals surface area contributed by atoms with Gasteiger partial charge in [0.25, 0.3) is 5.91 Å². The van der Waals surface area contributed by atoms with Gasteiger partial charge in [-0.15, -0.1) is 0 Å². The Bertz CT molecular complexity index is 470. The Morgan fingerprint density at radius 2 is 2.05 bits per heavy atom. The Kier molecular flexibility index (Phi) is 5.09. The molecule has 0 N–H and O–H groups in total. The highest BCUT2D eigenvalue weighted by Crippen LogP contribution is 2.33. The molecule has 2 heterocycles. The molecule has 2 aliphatic rings. The summed E-state index contributed by atoms with van der Waals surface area (Å²) in [5.74, 6) is 0.869. The maximum absolute atomic E-state index is 12.3. The lowest BCUT2D eigenvalue weighted by atomic mass is 9.80. The Morgan fingerprint density at radius 3 is 2.59 bits per heavy atom. The zero-order valence-electron chi connectivity index (χ0n) is 14.1. The van der Waals surface area contributed by atoms with Crippen molar-refractivity contribution < 1.29 is 9.59 Å². The van der Waals surface area contributed by atoms with E-state index in [0.29, 0.717) is 18.9 Å². The Labute approximate surface area is 133 Å². The highest BCUT2D eigenvalue weighted by Gasteiger charge is 2.33. The topological polar surface area (TPSA) is 40.6 Å². The molecule has 0 aromatic rings. The summed E-state index contributed by atoms with van der Waals surface area (Å²) in [6, 6.07) is 0. The predicted molar refractivity (Wildman–Crippen MR) is 88.0 cm³/mol. The van der Waals surface area contributed by atoms with Gasteiger partial charge in [0, 0.05) is 37.8 Å². The van der Waals surface area contributed by atoms with E-state index in [9.17, 15) is 9.59 Å². The van der Waals surface area contributed by atoms with Crippen LogP contribution >= 0.6 is 0 Å². The van der Waals surface area contributed by atoms with Crippen molar-refractivity contribution in [3.8, 4) is 0 Å². The molecule has 22 heavy (non-hydrogen) atoms. The largest absolute Gasteiger partial charge is 0.342 e. The van der Waals surface area contributed by atoms with Crippen LogP contribution in [0, 0.1) is 11.3 Å². The van der Waals surface area contributed by atoms with Crippen LogP contribution in [0.2, 0.25) is 0 Å². The second kappa shape index (κ2) is 6.67. The second-order valence-electron chi connectivity index (χ2n) is 7.46. The fraction of sp³-hybridized carbons (Fsp3) is 0.667. The summed E-state index contributed by atoms with van der Waals surface area (Å²) in [6.45, 7) is 13.0. The predicted octanol–water partition coefficient (Wildman–Crippen LogP) is 2.96. The third-order valence-electron chi connectivity index (χ3n) is 4.82. The Morgan fingerprint density at radius 1 is 1.32 bits per heavy atom. The summed E-state index contributed by atoms with van der Waals surface area (Å²) in [5, 5.41) is 0. The first-order valence-corrected chi connectivity index (χ1v) is 8.25. The molecular formula is C18H28N2O2. The van der Waals surface area contributed by atoms with E-state index in [2.05, 4.69) is 27.4 Å². The normalized spacial score (nSPS) is 22.0. The molecule has 0 radical (unpaired) electrons. The van der Waals surface area contributed by atoms with Crippen molar-refractivity contribution in [1.29, 1.82) is 0 Å². The smallest absolute Gasteiger partial charge is 0.251 e. The quantitative estimate of drug-likeness (QED) is 0.733. The van der Waals surface area contributed by atoms with Crippen LogP contribution < -0.4 is 0 Å². The van der Waals surface area contributed by atoms with Gasteiger partial charge in [-0.05, 0) is 36.7 Å². The van der Waals surface area contributed by atoms with Crippen molar-refractivity contribution in [2.45, 2.75) is 46.5 Å². The molecule has 0 bridgehead atoms. The van der Waals surface area contributed by atoms with Crippen LogP contribution in [0.5, 0.6) is 0 Å². The zero-order valence-corrected chi connectivity index (χ0v) is 14.1. The minimum absolute atomic E-state index is 0.00360. The number of likely N-dealkylation sites (tertiary alicyclic amines) is 1. The molecule has 2 rings (SSSR count). The molecule has 1 saturated heterocycles.